The molecule has 1 aromatic rings. The first-order valence-electron chi connectivity index (χ1n) is 8.87. The van der Waals surface area contributed by atoms with Crippen molar-refractivity contribution in [1.82, 2.24) is 9.21 Å². The van der Waals surface area contributed by atoms with Crippen molar-refractivity contribution in [1.29, 1.82) is 0 Å². The predicted molar refractivity (Wildman–Crippen MR) is 97.5 cm³/mol. The van der Waals surface area contributed by atoms with Gasteiger partial charge in [-0.25, -0.2) is 13.2 Å². The van der Waals surface area contributed by atoms with E-state index in [9.17, 15) is 18.3 Å². The SMILES string of the molecule is CCCN1CCC(N(C)S(=O)(=O)c2cc(C(=O)O)ccc2CC)CC1. The number of rotatable bonds is 7. The van der Waals surface area contributed by atoms with E-state index >= 15 is 0 Å². The molecule has 1 aliphatic rings. The first-order chi connectivity index (χ1) is 11.8. The van der Waals surface area contributed by atoms with Gasteiger partial charge in [-0.05, 0) is 63.0 Å². The Morgan fingerprint density at radius 1 is 1.28 bits per heavy atom. The summed E-state index contributed by atoms with van der Waals surface area (Å²) >= 11 is 0. The maximum absolute atomic E-state index is 13.1. The van der Waals surface area contributed by atoms with Crippen molar-refractivity contribution in [2.24, 2.45) is 0 Å². The van der Waals surface area contributed by atoms with Crippen molar-refractivity contribution < 1.29 is 18.3 Å². The van der Waals surface area contributed by atoms with E-state index < -0.39 is 16.0 Å². The number of carboxylic acid groups (broad SMARTS) is 1. The summed E-state index contributed by atoms with van der Waals surface area (Å²) in [5.41, 5.74) is 0.655. The number of piperidine rings is 1. The van der Waals surface area contributed by atoms with Crippen molar-refractivity contribution in [3.8, 4) is 0 Å². The summed E-state index contributed by atoms with van der Waals surface area (Å²) in [6.07, 6.45) is 3.24. The Labute approximate surface area is 150 Å². The standard InChI is InChI=1S/C18H28N2O4S/c1-4-10-20-11-8-16(9-12-20)19(3)25(23,24)17-13-15(18(21)22)7-6-14(17)5-2/h6-7,13,16H,4-5,8-12H2,1-3H3,(H,21,22). The summed E-state index contributed by atoms with van der Waals surface area (Å²) in [7, 11) is -2.10. The van der Waals surface area contributed by atoms with Gasteiger partial charge in [0.2, 0.25) is 10.0 Å². The van der Waals surface area contributed by atoms with Crippen LogP contribution in [0.5, 0.6) is 0 Å². The molecule has 1 aliphatic heterocycles. The van der Waals surface area contributed by atoms with Crippen molar-refractivity contribution in [2.45, 2.75) is 50.5 Å². The van der Waals surface area contributed by atoms with Gasteiger partial charge in [0.05, 0.1) is 10.5 Å². The molecule has 1 aromatic carbocycles. The van der Waals surface area contributed by atoms with Gasteiger partial charge < -0.3 is 10.0 Å². The highest BCUT2D eigenvalue weighted by Crippen LogP contribution is 2.26. The summed E-state index contributed by atoms with van der Waals surface area (Å²) in [5.74, 6) is -1.12. The van der Waals surface area contributed by atoms with Crippen LogP contribution in [-0.2, 0) is 16.4 Å². The molecule has 140 valence electrons. The van der Waals surface area contributed by atoms with Gasteiger partial charge in [-0.1, -0.05) is 19.9 Å². The number of aryl methyl sites for hydroxylation is 1. The van der Waals surface area contributed by atoms with Gasteiger partial charge >= 0.3 is 5.97 Å². The van der Waals surface area contributed by atoms with Gasteiger partial charge in [0.15, 0.2) is 0 Å². The number of carbonyl (C=O) groups is 1. The summed E-state index contributed by atoms with van der Waals surface area (Å²) in [5, 5.41) is 9.19. The Bertz CT molecular complexity index is 710. The molecule has 1 fully saturated rings. The topological polar surface area (TPSA) is 77.9 Å². The maximum atomic E-state index is 13.1. The third-order valence-electron chi connectivity index (χ3n) is 4.96. The Hall–Kier alpha value is -1.44. The molecule has 0 aromatic heterocycles. The number of aromatic carboxylic acids is 1. The lowest BCUT2D eigenvalue weighted by Crippen LogP contribution is -2.45. The summed E-state index contributed by atoms with van der Waals surface area (Å²) in [6.45, 7) is 6.86. The zero-order valence-electron chi connectivity index (χ0n) is 15.2. The summed E-state index contributed by atoms with van der Waals surface area (Å²) in [4.78, 5) is 13.7. The Kier molecular flexibility index (Phi) is 6.59. The molecule has 0 unspecified atom stereocenters. The number of benzene rings is 1. The molecule has 1 heterocycles. The average Bonchev–Trinajstić information content (AvgIpc) is 2.61. The molecule has 0 saturated carbocycles. The largest absolute Gasteiger partial charge is 0.478 e. The molecule has 0 radical (unpaired) electrons. The van der Waals surface area contributed by atoms with Crippen LogP contribution in [0.3, 0.4) is 0 Å². The van der Waals surface area contributed by atoms with Crippen LogP contribution in [0, 0.1) is 0 Å². The normalized spacial score (nSPS) is 17.1. The van der Waals surface area contributed by atoms with E-state index in [0.29, 0.717) is 12.0 Å². The van der Waals surface area contributed by atoms with Crippen LogP contribution in [0.15, 0.2) is 23.1 Å². The number of hydrogen-bond donors (Lipinski definition) is 1. The van der Waals surface area contributed by atoms with Crippen LogP contribution in [0.4, 0.5) is 0 Å². The third-order valence-corrected chi connectivity index (χ3v) is 6.96. The molecule has 0 aliphatic carbocycles. The first kappa shape index (κ1) is 19.9. The van der Waals surface area contributed by atoms with Crippen LogP contribution in [0.1, 0.15) is 49.0 Å². The molecule has 0 amide bonds. The molecule has 0 atom stereocenters. The molecule has 0 spiro atoms. The fourth-order valence-corrected chi connectivity index (χ4v) is 5.13. The number of carboxylic acids is 1. The van der Waals surface area contributed by atoms with Gasteiger partial charge in [0.25, 0.3) is 0 Å². The molecule has 0 bridgehead atoms. The Balaban J connectivity index is 2.26. The van der Waals surface area contributed by atoms with Gasteiger partial charge in [0, 0.05) is 13.1 Å². The van der Waals surface area contributed by atoms with E-state index in [1.165, 1.54) is 16.4 Å². The lowest BCUT2D eigenvalue weighted by Gasteiger charge is -2.36. The second-order valence-electron chi connectivity index (χ2n) is 6.58. The summed E-state index contributed by atoms with van der Waals surface area (Å²) < 4.78 is 27.7. The number of sulfonamides is 1. The van der Waals surface area contributed by atoms with Gasteiger partial charge in [-0.2, -0.15) is 4.31 Å². The maximum Gasteiger partial charge on any atom is 0.335 e. The van der Waals surface area contributed by atoms with Gasteiger partial charge in [0.1, 0.15) is 0 Å². The monoisotopic (exact) mass is 368 g/mol. The van der Waals surface area contributed by atoms with Crippen LogP contribution >= 0.6 is 0 Å². The highest BCUT2D eigenvalue weighted by molar-refractivity contribution is 7.89. The smallest absolute Gasteiger partial charge is 0.335 e. The molecule has 25 heavy (non-hydrogen) atoms. The van der Waals surface area contributed by atoms with E-state index in [2.05, 4.69) is 11.8 Å². The lowest BCUT2D eigenvalue weighted by atomic mass is 10.1. The van der Waals surface area contributed by atoms with Crippen LogP contribution in [0.2, 0.25) is 0 Å². The van der Waals surface area contributed by atoms with E-state index in [1.54, 1.807) is 13.1 Å². The second kappa shape index (κ2) is 8.29. The van der Waals surface area contributed by atoms with Gasteiger partial charge in [-0.3, -0.25) is 0 Å². The Morgan fingerprint density at radius 3 is 2.44 bits per heavy atom. The molecule has 6 nitrogen and oxygen atoms in total. The van der Waals surface area contributed by atoms with Crippen molar-refractivity contribution >= 4 is 16.0 Å². The zero-order valence-corrected chi connectivity index (χ0v) is 16.1. The summed E-state index contributed by atoms with van der Waals surface area (Å²) in [6, 6.07) is 4.31. The molecule has 1 N–H and O–H groups in total. The molecule has 1 saturated heterocycles. The molecule has 7 heteroatoms. The van der Waals surface area contributed by atoms with Crippen molar-refractivity contribution in [2.75, 3.05) is 26.7 Å². The second-order valence-corrected chi connectivity index (χ2v) is 8.54. The van der Waals surface area contributed by atoms with E-state index in [0.717, 1.165) is 38.9 Å². The van der Waals surface area contributed by atoms with Crippen LogP contribution < -0.4 is 0 Å². The molecular formula is C18H28N2O4S. The van der Waals surface area contributed by atoms with Crippen molar-refractivity contribution in [3.63, 3.8) is 0 Å². The number of nitrogens with zero attached hydrogens (tertiary/aromatic N) is 2. The van der Waals surface area contributed by atoms with Crippen molar-refractivity contribution in [3.05, 3.63) is 29.3 Å². The molecular weight excluding hydrogens is 340 g/mol. The Morgan fingerprint density at radius 2 is 1.92 bits per heavy atom. The van der Waals surface area contributed by atoms with E-state index in [4.69, 9.17) is 0 Å². The van der Waals surface area contributed by atoms with E-state index in [-0.39, 0.29) is 16.5 Å². The highest BCUT2D eigenvalue weighted by atomic mass is 32.2. The average molecular weight is 368 g/mol. The minimum Gasteiger partial charge on any atom is -0.478 e. The molecule has 2 rings (SSSR count). The lowest BCUT2D eigenvalue weighted by molar-refractivity contribution is 0.0696. The van der Waals surface area contributed by atoms with Gasteiger partial charge in [-0.15, -0.1) is 0 Å². The minimum absolute atomic E-state index is 0.00180. The number of hydrogen-bond acceptors (Lipinski definition) is 4. The first-order valence-corrected chi connectivity index (χ1v) is 10.3. The predicted octanol–water partition coefficient (Wildman–Crippen LogP) is 2.44. The fraction of sp³-hybridized carbons (Fsp3) is 0.611. The third kappa shape index (κ3) is 4.40. The van der Waals surface area contributed by atoms with Crippen LogP contribution in [-0.4, -0.2) is 61.4 Å². The number of likely N-dealkylation sites (tertiary alicyclic amines) is 1. The quantitative estimate of drug-likeness (QED) is 0.800. The highest BCUT2D eigenvalue weighted by Gasteiger charge is 2.32. The minimum atomic E-state index is -3.72. The van der Waals surface area contributed by atoms with Crippen LogP contribution in [0.25, 0.3) is 0 Å². The van der Waals surface area contributed by atoms with E-state index in [1.807, 2.05) is 6.92 Å². The fourth-order valence-electron chi connectivity index (χ4n) is 3.39. The zero-order chi connectivity index (χ0) is 18.6.